The molecule has 1 aromatic carbocycles. The maximum atomic E-state index is 13.0. The van der Waals surface area contributed by atoms with E-state index >= 15 is 0 Å². The molecule has 5 nitrogen and oxygen atoms in total. The number of halogens is 3. The van der Waals surface area contributed by atoms with Crippen molar-refractivity contribution in [3.8, 4) is 11.3 Å². The molecule has 0 unspecified atom stereocenters. The summed E-state index contributed by atoms with van der Waals surface area (Å²) in [5.74, 6) is 0.713. The second kappa shape index (κ2) is 6.20. The van der Waals surface area contributed by atoms with Crippen LogP contribution in [0.25, 0.3) is 16.9 Å². The highest BCUT2D eigenvalue weighted by molar-refractivity contribution is 5.64. The fraction of sp³-hybridized carbons (Fsp3) is 0.400. The first kappa shape index (κ1) is 17.5. The molecule has 2 aliphatic rings. The number of alkyl halides is 3. The van der Waals surface area contributed by atoms with E-state index < -0.39 is 11.7 Å². The summed E-state index contributed by atoms with van der Waals surface area (Å²) in [6, 6.07) is 9.33. The topological polar surface area (TPSA) is 54.2 Å². The van der Waals surface area contributed by atoms with E-state index in [1.54, 1.807) is 16.8 Å². The molecule has 3 aromatic rings. The van der Waals surface area contributed by atoms with E-state index in [-0.39, 0.29) is 0 Å². The van der Waals surface area contributed by atoms with Crippen LogP contribution in [0.5, 0.6) is 0 Å². The van der Waals surface area contributed by atoms with E-state index in [1.165, 1.54) is 12.5 Å². The Labute approximate surface area is 160 Å². The molecule has 0 amide bonds. The van der Waals surface area contributed by atoms with Gasteiger partial charge in [0.25, 0.3) is 0 Å². The van der Waals surface area contributed by atoms with Crippen LogP contribution < -0.4 is 10.6 Å². The van der Waals surface area contributed by atoms with Crippen molar-refractivity contribution < 1.29 is 13.2 Å². The largest absolute Gasteiger partial charge is 0.416 e. The molecule has 0 bridgehead atoms. The Hall–Kier alpha value is -2.61. The number of imidazole rings is 1. The van der Waals surface area contributed by atoms with Crippen LogP contribution in [-0.4, -0.2) is 33.7 Å². The van der Waals surface area contributed by atoms with Crippen molar-refractivity contribution in [2.75, 3.05) is 18.4 Å². The van der Waals surface area contributed by atoms with Crippen LogP contribution in [0.3, 0.4) is 0 Å². The van der Waals surface area contributed by atoms with Crippen molar-refractivity contribution >= 4 is 11.5 Å². The summed E-state index contributed by atoms with van der Waals surface area (Å²) in [7, 11) is 0. The first-order valence-electron chi connectivity index (χ1n) is 9.42. The molecule has 1 aliphatic heterocycles. The van der Waals surface area contributed by atoms with Gasteiger partial charge in [-0.2, -0.15) is 13.2 Å². The van der Waals surface area contributed by atoms with Crippen molar-refractivity contribution in [2.45, 2.75) is 31.5 Å². The van der Waals surface area contributed by atoms with Gasteiger partial charge >= 0.3 is 6.18 Å². The predicted molar refractivity (Wildman–Crippen MR) is 100.0 cm³/mol. The molecule has 5 rings (SSSR count). The lowest BCUT2D eigenvalue weighted by Gasteiger charge is -2.45. The predicted octanol–water partition coefficient (Wildman–Crippen LogP) is 3.97. The van der Waals surface area contributed by atoms with Crippen molar-refractivity contribution in [2.24, 2.45) is 5.41 Å². The average molecular weight is 387 g/mol. The van der Waals surface area contributed by atoms with Crippen molar-refractivity contribution in [1.82, 2.24) is 19.9 Å². The Kier molecular flexibility index (Phi) is 3.87. The lowest BCUT2D eigenvalue weighted by atomic mass is 9.65. The van der Waals surface area contributed by atoms with Gasteiger partial charge < -0.3 is 10.6 Å². The minimum Gasteiger partial charge on any atom is -0.366 e. The van der Waals surface area contributed by atoms with Gasteiger partial charge in [-0.15, -0.1) is 5.10 Å². The molecule has 28 heavy (non-hydrogen) atoms. The minimum absolute atomic E-state index is 0.380. The molecule has 1 spiro atoms. The van der Waals surface area contributed by atoms with Gasteiger partial charge in [0.05, 0.1) is 17.5 Å². The molecule has 0 atom stereocenters. The third-order valence-corrected chi connectivity index (χ3v) is 5.89. The van der Waals surface area contributed by atoms with E-state index in [1.807, 2.05) is 12.1 Å². The smallest absolute Gasteiger partial charge is 0.366 e. The average Bonchev–Trinajstić information content (AvgIpc) is 3.28. The first-order valence-corrected chi connectivity index (χ1v) is 9.42. The maximum Gasteiger partial charge on any atom is 0.416 e. The zero-order chi connectivity index (χ0) is 19.4. The summed E-state index contributed by atoms with van der Waals surface area (Å²) >= 11 is 0. The number of hydrogen-bond acceptors (Lipinski definition) is 4. The van der Waals surface area contributed by atoms with Gasteiger partial charge in [0, 0.05) is 18.2 Å². The molecular formula is C20H20F3N5. The number of nitrogens with zero attached hydrogens (tertiary/aromatic N) is 3. The number of anilines is 1. The summed E-state index contributed by atoms with van der Waals surface area (Å²) in [5, 5.41) is 11.5. The van der Waals surface area contributed by atoms with Gasteiger partial charge in [-0.05, 0) is 55.5 Å². The molecule has 8 heteroatoms. The van der Waals surface area contributed by atoms with Crippen LogP contribution in [0.2, 0.25) is 0 Å². The monoisotopic (exact) mass is 387 g/mol. The minimum atomic E-state index is -4.38. The number of rotatable bonds is 3. The van der Waals surface area contributed by atoms with Crippen molar-refractivity contribution in [3.63, 3.8) is 0 Å². The molecular weight excluding hydrogens is 367 g/mol. The highest BCUT2D eigenvalue weighted by Gasteiger charge is 2.45. The van der Waals surface area contributed by atoms with E-state index in [0.29, 0.717) is 34.2 Å². The van der Waals surface area contributed by atoms with Crippen LogP contribution in [0, 0.1) is 5.41 Å². The van der Waals surface area contributed by atoms with Crippen LogP contribution in [-0.2, 0) is 6.18 Å². The van der Waals surface area contributed by atoms with Gasteiger partial charge in [0.1, 0.15) is 5.82 Å². The maximum absolute atomic E-state index is 13.0. The van der Waals surface area contributed by atoms with Crippen LogP contribution in [0.15, 0.2) is 42.6 Å². The lowest BCUT2D eigenvalue weighted by molar-refractivity contribution is -0.137. The second-order valence-electron chi connectivity index (χ2n) is 7.89. The molecule has 1 saturated carbocycles. The fourth-order valence-corrected chi connectivity index (χ4v) is 4.44. The van der Waals surface area contributed by atoms with Crippen LogP contribution >= 0.6 is 0 Å². The molecule has 1 aliphatic carbocycles. The third-order valence-electron chi connectivity index (χ3n) is 5.89. The summed E-state index contributed by atoms with van der Waals surface area (Å²) in [4.78, 5) is 4.28. The van der Waals surface area contributed by atoms with Gasteiger partial charge in [0.2, 0.25) is 0 Å². The summed E-state index contributed by atoms with van der Waals surface area (Å²) in [6.45, 7) is 2.17. The van der Waals surface area contributed by atoms with Gasteiger partial charge in [0.15, 0.2) is 5.65 Å². The standard InChI is InChI=1S/C20H20F3N5/c21-20(22,23)14-3-1-2-13(8-14)16-11-25-18-5-4-17(27-28(16)18)26-15-9-19(10-15)6-7-24-12-19/h1-5,8,11,15,24H,6-7,9-10,12H2,(H,26,27). The zero-order valence-electron chi connectivity index (χ0n) is 15.1. The molecule has 146 valence electrons. The highest BCUT2D eigenvalue weighted by Crippen LogP contribution is 2.46. The molecule has 2 N–H and O–H groups in total. The van der Waals surface area contributed by atoms with E-state index in [9.17, 15) is 13.2 Å². The van der Waals surface area contributed by atoms with Gasteiger partial charge in [-0.3, -0.25) is 0 Å². The highest BCUT2D eigenvalue weighted by atomic mass is 19.4. The Morgan fingerprint density at radius 3 is 2.79 bits per heavy atom. The Balaban J connectivity index is 1.41. The number of fused-ring (bicyclic) bond motifs is 1. The van der Waals surface area contributed by atoms with E-state index in [2.05, 4.69) is 20.7 Å². The van der Waals surface area contributed by atoms with E-state index in [4.69, 9.17) is 0 Å². The Morgan fingerprint density at radius 2 is 2.04 bits per heavy atom. The first-order chi connectivity index (χ1) is 13.4. The molecule has 1 saturated heterocycles. The van der Waals surface area contributed by atoms with Gasteiger partial charge in [-0.1, -0.05) is 12.1 Å². The number of aromatic nitrogens is 3. The molecule has 2 aromatic heterocycles. The third kappa shape index (κ3) is 3.01. The molecule has 0 radical (unpaired) electrons. The lowest BCUT2D eigenvalue weighted by Crippen LogP contribution is -2.46. The number of hydrogen-bond donors (Lipinski definition) is 2. The zero-order valence-corrected chi connectivity index (χ0v) is 15.1. The molecule has 2 fully saturated rings. The van der Waals surface area contributed by atoms with E-state index in [0.717, 1.165) is 38.1 Å². The van der Waals surface area contributed by atoms with Crippen LogP contribution in [0.1, 0.15) is 24.8 Å². The summed E-state index contributed by atoms with van der Waals surface area (Å²) < 4.78 is 40.7. The van der Waals surface area contributed by atoms with Crippen molar-refractivity contribution in [1.29, 1.82) is 0 Å². The van der Waals surface area contributed by atoms with Crippen molar-refractivity contribution in [3.05, 3.63) is 48.2 Å². The Bertz CT molecular complexity index is 1010. The number of nitrogens with one attached hydrogen (secondary N) is 2. The van der Waals surface area contributed by atoms with Gasteiger partial charge in [-0.25, -0.2) is 9.50 Å². The Morgan fingerprint density at radius 1 is 1.18 bits per heavy atom. The normalized spacial score (nSPS) is 24.6. The van der Waals surface area contributed by atoms with Crippen LogP contribution in [0.4, 0.5) is 19.0 Å². The number of benzene rings is 1. The summed E-state index contributed by atoms with van der Waals surface area (Å²) in [5.41, 5.74) is 1.32. The fourth-order valence-electron chi connectivity index (χ4n) is 4.44. The summed E-state index contributed by atoms with van der Waals surface area (Å²) in [6.07, 6.45) is 0.628. The second-order valence-corrected chi connectivity index (χ2v) is 7.89. The quantitative estimate of drug-likeness (QED) is 0.714. The SMILES string of the molecule is FC(F)(F)c1cccc(-c2cnc3ccc(NC4CC5(CCNC5)C4)nn23)c1. The molecule has 3 heterocycles.